The number of thioether (sulfide) groups is 1. The summed E-state index contributed by atoms with van der Waals surface area (Å²) in [7, 11) is 0. The monoisotopic (exact) mass is 433 g/mol. The van der Waals surface area contributed by atoms with Crippen LogP contribution in [0.5, 0.6) is 0 Å². The first-order chi connectivity index (χ1) is 14.6. The molecule has 0 saturated carbocycles. The number of ether oxygens (including phenoxy) is 1. The summed E-state index contributed by atoms with van der Waals surface area (Å²) in [6.45, 7) is 10.6. The highest BCUT2D eigenvalue weighted by Gasteiger charge is 2.34. The van der Waals surface area contributed by atoms with E-state index in [1.54, 1.807) is 4.90 Å². The van der Waals surface area contributed by atoms with Crippen LogP contribution < -0.4 is 5.32 Å². The van der Waals surface area contributed by atoms with Gasteiger partial charge in [0.15, 0.2) is 6.23 Å². The molecule has 1 aromatic rings. The minimum absolute atomic E-state index is 0.0709. The van der Waals surface area contributed by atoms with Crippen LogP contribution in [0.1, 0.15) is 37.8 Å². The molecule has 2 fully saturated rings. The van der Waals surface area contributed by atoms with Gasteiger partial charge in [-0.1, -0.05) is 31.2 Å². The second-order valence-corrected chi connectivity index (χ2v) is 9.05. The molecule has 0 aliphatic carbocycles. The van der Waals surface area contributed by atoms with E-state index >= 15 is 0 Å². The number of aliphatic hydroxyl groups is 1. The largest absolute Gasteiger partial charge is 0.379 e. The molecule has 0 radical (unpaired) electrons. The van der Waals surface area contributed by atoms with E-state index in [1.807, 2.05) is 18.2 Å². The highest BCUT2D eigenvalue weighted by atomic mass is 32.2. The maximum absolute atomic E-state index is 12.4. The fourth-order valence-corrected chi connectivity index (χ4v) is 4.65. The van der Waals surface area contributed by atoms with Crippen LogP contribution >= 0.6 is 11.8 Å². The predicted octanol–water partition coefficient (Wildman–Crippen LogP) is 3.17. The zero-order valence-electron chi connectivity index (χ0n) is 18.2. The number of benzene rings is 1. The Hall–Kier alpha value is -1.38. The Morgan fingerprint density at radius 2 is 2.00 bits per heavy atom. The zero-order valence-corrected chi connectivity index (χ0v) is 19.0. The minimum Gasteiger partial charge on any atom is -0.379 e. The molecule has 6 nitrogen and oxygen atoms in total. The van der Waals surface area contributed by atoms with Crippen LogP contribution in [0.4, 0.5) is 4.79 Å². The zero-order chi connectivity index (χ0) is 21.3. The standard InChI is InChI=1S/C23H35N3O3S/c1-3-19-5-7-20(8-6-19)17-21-22(27)26(23(28)30-21)12-9-18(2)24-10-4-11-25-13-15-29-16-14-25/h5-8,17-18,22,24,27H,3-4,9-16H2,1-2H3/b21-17+. The summed E-state index contributed by atoms with van der Waals surface area (Å²) in [5.74, 6) is 0. The number of aliphatic hydroxyl groups excluding tert-OH is 1. The van der Waals surface area contributed by atoms with Gasteiger partial charge in [0.05, 0.1) is 13.2 Å². The Morgan fingerprint density at radius 1 is 1.27 bits per heavy atom. The van der Waals surface area contributed by atoms with Crippen LogP contribution in [0.3, 0.4) is 0 Å². The van der Waals surface area contributed by atoms with Crippen LogP contribution in [0.25, 0.3) is 6.08 Å². The van der Waals surface area contributed by atoms with E-state index in [-0.39, 0.29) is 5.24 Å². The quantitative estimate of drug-likeness (QED) is 0.553. The van der Waals surface area contributed by atoms with Gasteiger partial charge in [-0.3, -0.25) is 9.69 Å². The number of amides is 1. The Kier molecular flexibility index (Phi) is 9.21. The first-order valence-corrected chi connectivity index (χ1v) is 11.9. The van der Waals surface area contributed by atoms with E-state index in [0.717, 1.165) is 76.0 Å². The van der Waals surface area contributed by atoms with Crippen molar-refractivity contribution in [1.29, 1.82) is 0 Å². The van der Waals surface area contributed by atoms with Crippen molar-refractivity contribution in [3.63, 3.8) is 0 Å². The Bertz CT molecular complexity index is 704. The molecule has 2 saturated heterocycles. The fourth-order valence-electron chi connectivity index (χ4n) is 3.71. The van der Waals surface area contributed by atoms with Crippen molar-refractivity contribution in [3.8, 4) is 0 Å². The number of hydrogen-bond donors (Lipinski definition) is 2. The van der Waals surface area contributed by atoms with E-state index in [4.69, 9.17) is 4.74 Å². The summed E-state index contributed by atoms with van der Waals surface area (Å²) in [5.41, 5.74) is 2.29. The van der Waals surface area contributed by atoms with Crippen molar-refractivity contribution in [3.05, 3.63) is 40.3 Å². The molecule has 7 heteroatoms. The maximum Gasteiger partial charge on any atom is 0.288 e. The summed E-state index contributed by atoms with van der Waals surface area (Å²) >= 11 is 1.14. The molecule has 2 heterocycles. The average molecular weight is 434 g/mol. The van der Waals surface area contributed by atoms with Crippen LogP contribution in [0.15, 0.2) is 29.2 Å². The SMILES string of the molecule is CCc1ccc(/C=C2/SC(=O)N(CCC(C)NCCCN3CCOCC3)C2O)cc1. The molecule has 0 bridgehead atoms. The van der Waals surface area contributed by atoms with Gasteiger partial charge < -0.3 is 20.1 Å². The average Bonchev–Trinajstić information content (AvgIpc) is 3.03. The molecule has 2 unspecified atom stereocenters. The van der Waals surface area contributed by atoms with Gasteiger partial charge in [0, 0.05) is 30.6 Å². The van der Waals surface area contributed by atoms with Crippen molar-refractivity contribution in [2.75, 3.05) is 45.9 Å². The second-order valence-electron chi connectivity index (χ2n) is 8.03. The molecular formula is C23H35N3O3S. The predicted molar refractivity (Wildman–Crippen MR) is 123 cm³/mol. The van der Waals surface area contributed by atoms with Gasteiger partial charge in [0.2, 0.25) is 0 Å². The highest BCUT2D eigenvalue weighted by Crippen LogP contribution is 2.35. The number of carbonyl (C=O) groups excluding carboxylic acids is 1. The van der Waals surface area contributed by atoms with Gasteiger partial charge in [-0.2, -0.15) is 0 Å². The molecule has 1 amide bonds. The van der Waals surface area contributed by atoms with Gasteiger partial charge in [0.25, 0.3) is 5.24 Å². The molecule has 30 heavy (non-hydrogen) atoms. The molecule has 2 N–H and O–H groups in total. The highest BCUT2D eigenvalue weighted by molar-refractivity contribution is 8.17. The van der Waals surface area contributed by atoms with Crippen LogP contribution in [0.2, 0.25) is 0 Å². The second kappa shape index (κ2) is 11.9. The van der Waals surface area contributed by atoms with Crippen molar-refractivity contribution >= 4 is 23.1 Å². The Balaban J connectivity index is 1.40. The van der Waals surface area contributed by atoms with Gasteiger partial charge in [-0.05, 0) is 68.2 Å². The number of nitrogens with one attached hydrogen (secondary N) is 1. The van der Waals surface area contributed by atoms with E-state index in [0.29, 0.717) is 17.5 Å². The lowest BCUT2D eigenvalue weighted by molar-refractivity contribution is 0.0373. The van der Waals surface area contributed by atoms with E-state index in [9.17, 15) is 9.90 Å². The number of morpholine rings is 1. The number of rotatable bonds is 10. The van der Waals surface area contributed by atoms with Crippen molar-refractivity contribution < 1.29 is 14.6 Å². The van der Waals surface area contributed by atoms with Crippen LogP contribution in [0, 0.1) is 0 Å². The summed E-state index contributed by atoms with van der Waals surface area (Å²) in [6.07, 6.45) is 4.00. The molecule has 3 rings (SSSR count). The van der Waals surface area contributed by atoms with Crippen LogP contribution in [-0.4, -0.2) is 78.4 Å². The van der Waals surface area contributed by atoms with Gasteiger partial charge in [-0.15, -0.1) is 0 Å². The molecular weight excluding hydrogens is 398 g/mol. The maximum atomic E-state index is 12.4. The van der Waals surface area contributed by atoms with E-state index < -0.39 is 6.23 Å². The summed E-state index contributed by atoms with van der Waals surface area (Å²) in [5, 5.41) is 14.1. The lowest BCUT2D eigenvalue weighted by Gasteiger charge is -2.27. The number of nitrogens with zero attached hydrogens (tertiary/aromatic N) is 2. The number of hydrogen-bond acceptors (Lipinski definition) is 6. The molecule has 2 aliphatic rings. The van der Waals surface area contributed by atoms with Crippen LogP contribution in [-0.2, 0) is 11.2 Å². The van der Waals surface area contributed by atoms with Crippen molar-refractivity contribution in [2.24, 2.45) is 0 Å². The lowest BCUT2D eigenvalue weighted by atomic mass is 10.1. The molecule has 1 aromatic carbocycles. The molecule has 2 atom stereocenters. The third-order valence-electron chi connectivity index (χ3n) is 5.74. The third kappa shape index (κ3) is 6.82. The topological polar surface area (TPSA) is 65.0 Å². The van der Waals surface area contributed by atoms with E-state index in [1.165, 1.54) is 5.56 Å². The summed E-state index contributed by atoms with van der Waals surface area (Å²) in [4.78, 5) is 17.1. The molecule has 0 spiro atoms. The van der Waals surface area contributed by atoms with Gasteiger partial charge in [0.1, 0.15) is 0 Å². The third-order valence-corrected chi connectivity index (χ3v) is 6.71. The number of carbonyl (C=O) groups is 1. The molecule has 0 aromatic heterocycles. The van der Waals surface area contributed by atoms with Gasteiger partial charge in [-0.25, -0.2) is 0 Å². The van der Waals surface area contributed by atoms with Crippen molar-refractivity contribution in [2.45, 2.75) is 45.4 Å². The lowest BCUT2D eigenvalue weighted by Crippen LogP contribution is -2.39. The summed E-state index contributed by atoms with van der Waals surface area (Å²) < 4.78 is 5.38. The normalized spacial score (nSPS) is 22.8. The molecule has 2 aliphatic heterocycles. The van der Waals surface area contributed by atoms with Gasteiger partial charge >= 0.3 is 0 Å². The van der Waals surface area contributed by atoms with E-state index in [2.05, 4.69) is 36.2 Å². The fraction of sp³-hybridized carbons (Fsp3) is 0.609. The summed E-state index contributed by atoms with van der Waals surface area (Å²) in [6, 6.07) is 8.55. The minimum atomic E-state index is -0.845. The van der Waals surface area contributed by atoms with Crippen molar-refractivity contribution in [1.82, 2.24) is 15.1 Å². The first kappa shape index (κ1) is 23.3. The molecule has 166 valence electrons. The number of aryl methyl sites for hydroxylation is 1. The Labute approximate surface area is 184 Å². The Morgan fingerprint density at radius 3 is 2.70 bits per heavy atom. The first-order valence-electron chi connectivity index (χ1n) is 11.1. The smallest absolute Gasteiger partial charge is 0.288 e.